The highest BCUT2D eigenvalue weighted by molar-refractivity contribution is 8.00. The van der Waals surface area contributed by atoms with Gasteiger partial charge in [-0.05, 0) is 42.5 Å². The van der Waals surface area contributed by atoms with Crippen LogP contribution in [0.1, 0.15) is 82.3 Å². The summed E-state index contributed by atoms with van der Waals surface area (Å²) >= 11 is 1.48. The number of aliphatic carboxylic acids is 1. The summed E-state index contributed by atoms with van der Waals surface area (Å²) in [7, 11) is 0. The van der Waals surface area contributed by atoms with E-state index in [9.17, 15) is 15.0 Å². The minimum absolute atomic E-state index is 0. The van der Waals surface area contributed by atoms with Crippen LogP contribution in [0.25, 0.3) is 0 Å². The molecule has 2 rings (SSSR count). The van der Waals surface area contributed by atoms with Crippen molar-refractivity contribution in [1.82, 2.24) is 0 Å². The Labute approximate surface area is 203 Å². The predicted octanol–water partition coefficient (Wildman–Crippen LogP) is 5.84. The number of hydrogen-bond acceptors (Lipinski definition) is 4. The molecule has 3 atom stereocenters. The first kappa shape index (κ1) is 29.0. The van der Waals surface area contributed by atoms with Gasteiger partial charge in [0.1, 0.15) is 0 Å². The number of carboxylic acids is 1. The van der Waals surface area contributed by atoms with Crippen LogP contribution >= 0.6 is 11.8 Å². The molecular weight excluding hydrogens is 434 g/mol. The Morgan fingerprint density at radius 2 is 1.58 bits per heavy atom. The molecule has 0 radical (unpaired) electrons. The van der Waals surface area contributed by atoms with E-state index in [-0.39, 0.29) is 17.1 Å². The number of benzene rings is 2. The standard InChI is InChI=1S/C27H39NO3S.H2O/c1-3-4-5-6-7-8-9-12-21-15-17-22(18-16-21)23(27(30)31)19-25(29)20(2)32-26-14-11-10-13-24(26)28;/h10-11,13-18,20,23,25,29H,3-9,12,19,28H2,1-2H3,(H,30,31);1H2. The molecule has 0 saturated carbocycles. The molecule has 0 spiro atoms. The fourth-order valence-electron chi connectivity index (χ4n) is 3.88. The third-order valence-electron chi connectivity index (χ3n) is 6.00. The van der Waals surface area contributed by atoms with Crippen LogP contribution in [0.3, 0.4) is 0 Å². The van der Waals surface area contributed by atoms with Gasteiger partial charge in [0.15, 0.2) is 0 Å². The van der Waals surface area contributed by atoms with E-state index in [0.717, 1.165) is 16.9 Å². The SMILES string of the molecule is CCCCCCCCCc1ccc(C(CC(O)C(C)Sc2ccccc2N)C(=O)O)cc1.O. The number of aliphatic hydroxyl groups is 1. The molecule has 0 aliphatic rings. The molecule has 0 aliphatic heterocycles. The van der Waals surface area contributed by atoms with E-state index in [1.165, 1.54) is 62.3 Å². The number of rotatable bonds is 15. The third-order valence-corrected chi connectivity index (χ3v) is 7.31. The molecule has 6 N–H and O–H groups in total. The summed E-state index contributed by atoms with van der Waals surface area (Å²) in [4.78, 5) is 12.8. The van der Waals surface area contributed by atoms with Crippen molar-refractivity contribution in [2.75, 3.05) is 5.73 Å². The predicted molar refractivity (Wildman–Crippen MR) is 139 cm³/mol. The lowest BCUT2D eigenvalue weighted by Gasteiger charge is -2.23. The van der Waals surface area contributed by atoms with Gasteiger partial charge in [0.25, 0.3) is 0 Å². The molecule has 0 fully saturated rings. The Kier molecular flexibility index (Phi) is 13.8. The van der Waals surface area contributed by atoms with Gasteiger partial charge in [-0.25, -0.2) is 0 Å². The third kappa shape index (κ3) is 10.2. The lowest BCUT2D eigenvalue weighted by Crippen LogP contribution is -2.26. The number of nitrogens with two attached hydrogens (primary N) is 1. The quantitative estimate of drug-likeness (QED) is 0.170. The van der Waals surface area contributed by atoms with Crippen LogP contribution in [0.5, 0.6) is 0 Å². The number of carbonyl (C=O) groups is 1. The van der Waals surface area contributed by atoms with Gasteiger partial charge >= 0.3 is 5.97 Å². The van der Waals surface area contributed by atoms with E-state index in [1.807, 2.05) is 55.5 Å². The Morgan fingerprint density at radius 3 is 2.18 bits per heavy atom. The van der Waals surface area contributed by atoms with E-state index in [1.54, 1.807) is 0 Å². The van der Waals surface area contributed by atoms with Crippen LogP contribution in [0.4, 0.5) is 5.69 Å². The minimum Gasteiger partial charge on any atom is -0.481 e. The molecule has 2 aromatic carbocycles. The molecule has 0 bridgehead atoms. The topological polar surface area (TPSA) is 115 Å². The summed E-state index contributed by atoms with van der Waals surface area (Å²) in [6.45, 7) is 4.14. The van der Waals surface area contributed by atoms with Crippen molar-refractivity contribution in [3.05, 3.63) is 59.7 Å². The number of unbranched alkanes of at least 4 members (excludes halogenated alkanes) is 6. The molecule has 6 heteroatoms. The molecule has 184 valence electrons. The van der Waals surface area contributed by atoms with Crippen molar-refractivity contribution in [1.29, 1.82) is 0 Å². The molecule has 0 aromatic heterocycles. The van der Waals surface area contributed by atoms with Gasteiger partial charge in [-0.1, -0.05) is 88.8 Å². The number of hydrogen-bond donors (Lipinski definition) is 3. The van der Waals surface area contributed by atoms with Gasteiger partial charge in [-0.3, -0.25) is 4.79 Å². The number of carboxylic acid groups (broad SMARTS) is 1. The number of para-hydroxylation sites is 1. The Morgan fingerprint density at radius 1 is 0.970 bits per heavy atom. The van der Waals surface area contributed by atoms with Crippen molar-refractivity contribution in [2.24, 2.45) is 0 Å². The highest BCUT2D eigenvalue weighted by Crippen LogP contribution is 2.33. The maximum atomic E-state index is 11.9. The number of nitrogen functional groups attached to an aromatic ring is 1. The normalized spacial score (nSPS) is 13.7. The largest absolute Gasteiger partial charge is 0.481 e. The highest BCUT2D eigenvalue weighted by atomic mass is 32.2. The van der Waals surface area contributed by atoms with E-state index in [0.29, 0.717) is 5.69 Å². The Balaban J connectivity index is 0.00000544. The van der Waals surface area contributed by atoms with Crippen LogP contribution < -0.4 is 5.73 Å². The van der Waals surface area contributed by atoms with E-state index in [4.69, 9.17) is 5.73 Å². The summed E-state index contributed by atoms with van der Waals surface area (Å²) in [6, 6.07) is 15.4. The van der Waals surface area contributed by atoms with Crippen molar-refractivity contribution in [2.45, 2.75) is 93.8 Å². The summed E-state index contributed by atoms with van der Waals surface area (Å²) in [5.74, 6) is -1.63. The average molecular weight is 476 g/mol. The molecular formula is C27H41NO4S. The first-order valence-electron chi connectivity index (χ1n) is 11.9. The molecule has 0 aliphatic carbocycles. The highest BCUT2D eigenvalue weighted by Gasteiger charge is 2.27. The maximum absolute atomic E-state index is 11.9. The molecule has 3 unspecified atom stereocenters. The summed E-state index contributed by atoms with van der Waals surface area (Å²) in [6.07, 6.45) is 9.43. The molecule has 5 nitrogen and oxygen atoms in total. The number of anilines is 1. The maximum Gasteiger partial charge on any atom is 0.311 e. The van der Waals surface area contributed by atoms with Gasteiger partial charge < -0.3 is 21.4 Å². The summed E-state index contributed by atoms with van der Waals surface area (Å²) in [5, 5.41) is 20.3. The molecule has 2 aromatic rings. The fourth-order valence-corrected chi connectivity index (χ4v) is 4.91. The van der Waals surface area contributed by atoms with Crippen molar-refractivity contribution < 1.29 is 20.5 Å². The van der Waals surface area contributed by atoms with E-state index >= 15 is 0 Å². The zero-order chi connectivity index (χ0) is 23.3. The van der Waals surface area contributed by atoms with E-state index < -0.39 is 18.0 Å². The lowest BCUT2D eigenvalue weighted by molar-refractivity contribution is -0.139. The molecule has 0 heterocycles. The van der Waals surface area contributed by atoms with Gasteiger partial charge in [0, 0.05) is 15.8 Å². The summed E-state index contributed by atoms with van der Waals surface area (Å²) in [5.41, 5.74) is 8.66. The molecule has 0 saturated heterocycles. The minimum atomic E-state index is -0.902. The van der Waals surface area contributed by atoms with Gasteiger partial charge in [0.2, 0.25) is 0 Å². The van der Waals surface area contributed by atoms with Crippen LogP contribution in [0.15, 0.2) is 53.4 Å². The second-order valence-electron chi connectivity index (χ2n) is 8.67. The Hall–Kier alpha value is -2.02. The van der Waals surface area contributed by atoms with Crippen molar-refractivity contribution in [3.63, 3.8) is 0 Å². The first-order chi connectivity index (χ1) is 15.4. The molecule has 33 heavy (non-hydrogen) atoms. The smallest absolute Gasteiger partial charge is 0.311 e. The fraction of sp³-hybridized carbons (Fsp3) is 0.519. The second-order valence-corrected chi connectivity index (χ2v) is 10.1. The monoisotopic (exact) mass is 475 g/mol. The van der Waals surface area contributed by atoms with Crippen LogP contribution in [0.2, 0.25) is 0 Å². The lowest BCUT2D eigenvalue weighted by atomic mass is 9.91. The van der Waals surface area contributed by atoms with Crippen LogP contribution in [-0.2, 0) is 11.2 Å². The van der Waals surface area contributed by atoms with Gasteiger partial charge in [-0.2, -0.15) is 0 Å². The summed E-state index contributed by atoms with van der Waals surface area (Å²) < 4.78 is 0. The van der Waals surface area contributed by atoms with Gasteiger partial charge in [0.05, 0.1) is 12.0 Å². The first-order valence-corrected chi connectivity index (χ1v) is 12.8. The van der Waals surface area contributed by atoms with Gasteiger partial charge in [-0.15, -0.1) is 11.8 Å². The number of aliphatic hydroxyl groups excluding tert-OH is 1. The second kappa shape index (κ2) is 15.8. The van der Waals surface area contributed by atoms with E-state index in [2.05, 4.69) is 6.92 Å². The number of aryl methyl sites for hydroxylation is 1. The van der Waals surface area contributed by atoms with Crippen molar-refractivity contribution in [3.8, 4) is 0 Å². The van der Waals surface area contributed by atoms with Crippen molar-refractivity contribution >= 4 is 23.4 Å². The zero-order valence-corrected chi connectivity index (χ0v) is 20.8. The Bertz CT molecular complexity index is 812. The molecule has 0 amide bonds. The van der Waals surface area contributed by atoms with Crippen LogP contribution in [-0.4, -0.2) is 33.0 Å². The van der Waals surface area contributed by atoms with Crippen LogP contribution in [0, 0.1) is 0 Å². The number of thioether (sulfide) groups is 1. The zero-order valence-electron chi connectivity index (χ0n) is 20.0. The average Bonchev–Trinajstić information content (AvgIpc) is 2.78.